The fourth-order valence-corrected chi connectivity index (χ4v) is 5.29. The number of aromatic nitrogens is 3. The third kappa shape index (κ3) is 5.83. The van der Waals surface area contributed by atoms with Gasteiger partial charge in [-0.3, -0.25) is 4.79 Å². The first kappa shape index (κ1) is 25.0. The van der Waals surface area contributed by atoms with Crippen LogP contribution in [0.15, 0.2) is 103 Å². The van der Waals surface area contributed by atoms with Crippen molar-refractivity contribution in [3.8, 4) is 11.8 Å². The quantitative estimate of drug-likeness (QED) is 0.267. The van der Waals surface area contributed by atoms with Gasteiger partial charge in [-0.25, -0.2) is 13.4 Å². The zero-order chi connectivity index (χ0) is 26.5. The molecule has 0 radical (unpaired) electrons. The number of sulfonamides is 1. The molecule has 5 aromatic rings. The number of nitrogens with one attached hydrogen (secondary N) is 2. The fraction of sp³-hybridized carbons (Fsp3) is 0.103. The maximum Gasteiger partial charge on any atom is 0.322 e. The van der Waals surface area contributed by atoms with E-state index in [4.69, 9.17) is 0 Å². The average molecular weight is 525 g/mol. The van der Waals surface area contributed by atoms with Crippen LogP contribution in [-0.2, 0) is 27.8 Å². The van der Waals surface area contributed by atoms with Gasteiger partial charge in [-0.05, 0) is 53.6 Å². The van der Waals surface area contributed by atoms with Gasteiger partial charge in [0.2, 0.25) is 10.0 Å². The minimum atomic E-state index is -4.07. The Morgan fingerprint density at radius 1 is 1.00 bits per heavy atom. The van der Waals surface area contributed by atoms with Crippen molar-refractivity contribution in [2.75, 3.05) is 0 Å². The second-order valence-corrected chi connectivity index (χ2v) is 10.5. The van der Waals surface area contributed by atoms with E-state index in [1.165, 1.54) is 12.1 Å². The molecule has 0 unspecified atom stereocenters. The summed E-state index contributed by atoms with van der Waals surface area (Å²) in [4.78, 5) is 19.0. The molecule has 38 heavy (non-hydrogen) atoms. The number of aliphatic carboxylic acids is 1. The van der Waals surface area contributed by atoms with Crippen LogP contribution in [0.4, 0.5) is 0 Å². The van der Waals surface area contributed by atoms with Crippen molar-refractivity contribution in [2.45, 2.75) is 23.9 Å². The molecule has 0 aliphatic rings. The van der Waals surface area contributed by atoms with Crippen LogP contribution in [0.1, 0.15) is 22.3 Å². The Labute approximate surface area is 220 Å². The third-order valence-corrected chi connectivity index (χ3v) is 7.58. The van der Waals surface area contributed by atoms with Gasteiger partial charge >= 0.3 is 5.97 Å². The van der Waals surface area contributed by atoms with Gasteiger partial charge in [-0.1, -0.05) is 42.2 Å². The van der Waals surface area contributed by atoms with E-state index in [2.05, 4.69) is 26.5 Å². The molecule has 9 heteroatoms. The summed E-state index contributed by atoms with van der Waals surface area (Å²) in [6.45, 7) is 0.724. The Morgan fingerprint density at radius 2 is 1.68 bits per heavy atom. The molecular weight excluding hydrogens is 500 g/mol. The lowest BCUT2D eigenvalue weighted by molar-refractivity contribution is -0.138. The molecule has 0 amide bonds. The zero-order valence-electron chi connectivity index (χ0n) is 20.2. The number of fused-ring (bicyclic) bond motifs is 1. The van der Waals surface area contributed by atoms with Gasteiger partial charge in [0.1, 0.15) is 6.04 Å². The number of benzene rings is 3. The second kappa shape index (κ2) is 10.8. The highest BCUT2D eigenvalue weighted by molar-refractivity contribution is 7.89. The number of carbonyl (C=O) groups is 1. The number of carboxylic acids is 1. The van der Waals surface area contributed by atoms with E-state index < -0.39 is 22.0 Å². The molecule has 0 saturated heterocycles. The maximum absolute atomic E-state index is 13.0. The highest BCUT2D eigenvalue weighted by Gasteiger charge is 2.26. The second-order valence-electron chi connectivity index (χ2n) is 8.78. The summed E-state index contributed by atoms with van der Waals surface area (Å²) >= 11 is 0. The Morgan fingerprint density at radius 3 is 2.34 bits per heavy atom. The summed E-state index contributed by atoms with van der Waals surface area (Å²) in [7, 11) is -4.07. The lowest BCUT2D eigenvalue weighted by Gasteiger charge is -2.14. The first-order valence-electron chi connectivity index (χ1n) is 11.8. The Kier molecular flexibility index (Phi) is 7.09. The first-order chi connectivity index (χ1) is 18.4. The standard InChI is InChI=1S/C29H24N4O4S/c34-29(35)28(17-24-18-31-27-4-2-1-3-26(24)27)32-38(36,37)25-13-11-22(12-14-25)6-5-21-7-9-23(10-8-21)19-33-16-15-30-20-33/h1-4,7-16,18,20,28,31-32H,17,19H2,(H,34,35)/t28-/m1/s1. The molecule has 8 nitrogen and oxygen atoms in total. The van der Waals surface area contributed by atoms with E-state index in [0.29, 0.717) is 5.56 Å². The van der Waals surface area contributed by atoms with Crippen molar-refractivity contribution in [1.82, 2.24) is 19.3 Å². The van der Waals surface area contributed by atoms with E-state index >= 15 is 0 Å². The lowest BCUT2D eigenvalue weighted by atomic mass is 10.1. The van der Waals surface area contributed by atoms with E-state index in [0.717, 1.165) is 34.1 Å². The number of rotatable bonds is 8. The summed E-state index contributed by atoms with van der Waals surface area (Å²) < 4.78 is 30.2. The topological polar surface area (TPSA) is 117 Å². The molecule has 1 atom stereocenters. The van der Waals surface area contributed by atoms with E-state index in [-0.39, 0.29) is 11.3 Å². The molecule has 0 spiro atoms. The highest BCUT2D eigenvalue weighted by Crippen LogP contribution is 2.20. The summed E-state index contributed by atoms with van der Waals surface area (Å²) in [6.07, 6.45) is 7.11. The Hall–Kier alpha value is -4.65. The monoisotopic (exact) mass is 524 g/mol. The number of carboxylic acid groups (broad SMARTS) is 1. The predicted molar refractivity (Wildman–Crippen MR) is 144 cm³/mol. The van der Waals surface area contributed by atoms with Crippen molar-refractivity contribution < 1.29 is 18.3 Å². The number of hydrogen-bond donors (Lipinski definition) is 3. The van der Waals surface area contributed by atoms with Gasteiger partial charge in [-0.15, -0.1) is 0 Å². The van der Waals surface area contributed by atoms with E-state index in [9.17, 15) is 18.3 Å². The summed E-state index contributed by atoms with van der Waals surface area (Å²) in [5.74, 6) is 4.86. The summed E-state index contributed by atoms with van der Waals surface area (Å²) in [5.41, 5.74) is 4.17. The Bertz CT molecular complexity index is 1730. The van der Waals surface area contributed by atoms with Gasteiger partial charge in [0.15, 0.2) is 0 Å². The molecular formula is C29H24N4O4S. The van der Waals surface area contributed by atoms with Crippen molar-refractivity contribution in [3.63, 3.8) is 0 Å². The van der Waals surface area contributed by atoms with Gasteiger partial charge < -0.3 is 14.7 Å². The number of aromatic amines is 1. The normalized spacial score (nSPS) is 12.1. The van der Waals surface area contributed by atoms with Crippen molar-refractivity contribution in [3.05, 3.63) is 120 Å². The van der Waals surface area contributed by atoms with E-state index in [1.54, 1.807) is 30.9 Å². The summed E-state index contributed by atoms with van der Waals surface area (Å²) in [6, 6.07) is 20.0. The van der Waals surface area contributed by atoms with Gasteiger partial charge in [0.25, 0.3) is 0 Å². The predicted octanol–water partition coefficient (Wildman–Crippen LogP) is 3.79. The van der Waals surface area contributed by atoms with Gasteiger partial charge in [0.05, 0.1) is 11.2 Å². The molecule has 3 N–H and O–H groups in total. The molecule has 0 aliphatic heterocycles. The Balaban J connectivity index is 1.26. The molecule has 2 heterocycles. The molecule has 0 bridgehead atoms. The number of imidazole rings is 1. The molecule has 2 aromatic heterocycles. The smallest absolute Gasteiger partial charge is 0.322 e. The lowest BCUT2D eigenvalue weighted by Crippen LogP contribution is -2.42. The van der Waals surface area contributed by atoms with Crippen LogP contribution in [0, 0.1) is 11.8 Å². The van der Waals surface area contributed by atoms with Crippen LogP contribution < -0.4 is 4.72 Å². The van der Waals surface area contributed by atoms with Crippen LogP contribution in [0.5, 0.6) is 0 Å². The van der Waals surface area contributed by atoms with Crippen molar-refractivity contribution in [2.24, 2.45) is 0 Å². The molecule has 0 aliphatic carbocycles. The van der Waals surface area contributed by atoms with Gasteiger partial charge in [-0.2, -0.15) is 4.72 Å². The molecule has 0 saturated carbocycles. The van der Waals surface area contributed by atoms with Crippen LogP contribution in [0.25, 0.3) is 10.9 Å². The minimum Gasteiger partial charge on any atom is -0.480 e. The SMILES string of the molecule is O=C(O)[C@@H](Cc1c[nH]c2ccccc12)NS(=O)(=O)c1ccc(C#Cc2ccc(Cn3ccnc3)cc2)cc1. The largest absolute Gasteiger partial charge is 0.480 e. The zero-order valence-corrected chi connectivity index (χ0v) is 21.0. The minimum absolute atomic E-state index is 0.00322. The van der Waals surface area contributed by atoms with Crippen molar-refractivity contribution >= 4 is 26.9 Å². The third-order valence-electron chi connectivity index (χ3n) is 6.09. The van der Waals surface area contributed by atoms with Crippen LogP contribution in [0.2, 0.25) is 0 Å². The van der Waals surface area contributed by atoms with Crippen LogP contribution >= 0.6 is 0 Å². The van der Waals surface area contributed by atoms with Crippen LogP contribution in [0.3, 0.4) is 0 Å². The molecule has 3 aromatic carbocycles. The van der Waals surface area contributed by atoms with E-state index in [1.807, 2.05) is 59.3 Å². The average Bonchev–Trinajstić information content (AvgIpc) is 3.58. The fourth-order valence-electron chi connectivity index (χ4n) is 4.10. The highest BCUT2D eigenvalue weighted by atomic mass is 32.2. The molecule has 5 rings (SSSR count). The number of para-hydroxylation sites is 1. The molecule has 0 fully saturated rings. The van der Waals surface area contributed by atoms with Crippen LogP contribution in [-0.4, -0.2) is 40.1 Å². The maximum atomic E-state index is 13.0. The number of hydrogen-bond acceptors (Lipinski definition) is 4. The first-order valence-corrected chi connectivity index (χ1v) is 13.3. The van der Waals surface area contributed by atoms with Crippen molar-refractivity contribution in [1.29, 1.82) is 0 Å². The number of H-pyrrole nitrogens is 1. The summed E-state index contributed by atoms with van der Waals surface area (Å²) in [5, 5.41) is 10.6. The number of nitrogens with zero attached hydrogens (tertiary/aromatic N) is 2. The van der Waals surface area contributed by atoms with Gasteiger partial charge in [0, 0.05) is 53.6 Å². The molecule has 190 valence electrons.